The van der Waals surface area contributed by atoms with Gasteiger partial charge in [0.15, 0.2) is 0 Å². The molecule has 2 aromatic rings. The third kappa shape index (κ3) is 3.45. The van der Waals surface area contributed by atoms with Gasteiger partial charge in [0.2, 0.25) is 0 Å². The van der Waals surface area contributed by atoms with Crippen molar-refractivity contribution in [2.24, 2.45) is 0 Å². The van der Waals surface area contributed by atoms with Crippen molar-refractivity contribution < 1.29 is 13.2 Å². The Bertz CT molecular complexity index is 796. The first-order valence-electron chi connectivity index (χ1n) is 5.83. The Morgan fingerprint density at radius 2 is 1.86 bits per heavy atom. The molecule has 0 radical (unpaired) electrons. The maximum Gasteiger partial charge on any atom is 0.263 e. The molecule has 7 heteroatoms. The third-order valence-corrected chi connectivity index (χ3v) is 4.56. The minimum Gasteiger partial charge on any atom is -0.497 e. The number of benzene rings is 2. The van der Waals surface area contributed by atoms with E-state index in [2.05, 4.69) is 4.72 Å². The monoisotopic (exact) mass is 322 g/mol. The fourth-order valence-corrected chi connectivity index (χ4v) is 3.26. The van der Waals surface area contributed by atoms with Crippen molar-refractivity contribution in [3.8, 4) is 11.8 Å². The van der Waals surface area contributed by atoms with E-state index in [0.717, 1.165) is 0 Å². The van der Waals surface area contributed by atoms with E-state index >= 15 is 0 Å². The van der Waals surface area contributed by atoms with Gasteiger partial charge in [-0.05, 0) is 42.5 Å². The zero-order valence-corrected chi connectivity index (χ0v) is 12.6. The second-order valence-corrected chi connectivity index (χ2v) is 6.15. The van der Waals surface area contributed by atoms with E-state index in [0.29, 0.717) is 17.0 Å². The number of methoxy groups -OCH3 is 1. The summed E-state index contributed by atoms with van der Waals surface area (Å²) in [5.41, 5.74) is 0.680. The SMILES string of the molecule is COc1ccc(NS(=O)(=O)c2ccc(C#N)cc2Cl)cc1. The minimum absolute atomic E-state index is 0.00457. The van der Waals surface area contributed by atoms with Crippen molar-refractivity contribution >= 4 is 27.3 Å². The van der Waals surface area contributed by atoms with E-state index in [4.69, 9.17) is 21.6 Å². The molecule has 2 rings (SSSR count). The Hall–Kier alpha value is -2.23. The molecule has 0 aliphatic carbocycles. The van der Waals surface area contributed by atoms with E-state index < -0.39 is 10.0 Å². The molecule has 2 aromatic carbocycles. The maximum atomic E-state index is 12.3. The standard InChI is InChI=1S/C14H11ClN2O3S/c1-20-12-5-3-11(4-6-12)17-21(18,19)14-7-2-10(9-16)8-13(14)15/h2-8,17H,1H3. The molecular formula is C14H11ClN2O3S. The number of hydrogen-bond donors (Lipinski definition) is 1. The minimum atomic E-state index is -3.82. The summed E-state index contributed by atoms with van der Waals surface area (Å²) in [6.45, 7) is 0. The lowest BCUT2D eigenvalue weighted by molar-refractivity contribution is 0.415. The van der Waals surface area contributed by atoms with Gasteiger partial charge in [-0.1, -0.05) is 11.6 Å². The predicted molar refractivity (Wildman–Crippen MR) is 80.0 cm³/mol. The van der Waals surface area contributed by atoms with Crippen LogP contribution in [0.15, 0.2) is 47.4 Å². The van der Waals surface area contributed by atoms with Gasteiger partial charge in [-0.15, -0.1) is 0 Å². The number of halogens is 1. The molecule has 0 heterocycles. The summed E-state index contributed by atoms with van der Waals surface area (Å²) in [4.78, 5) is -0.0843. The number of hydrogen-bond acceptors (Lipinski definition) is 4. The van der Waals surface area contributed by atoms with Crippen LogP contribution >= 0.6 is 11.6 Å². The second-order valence-electron chi connectivity index (χ2n) is 4.09. The van der Waals surface area contributed by atoms with Crippen LogP contribution in [0.2, 0.25) is 5.02 Å². The maximum absolute atomic E-state index is 12.3. The number of sulfonamides is 1. The lowest BCUT2D eigenvalue weighted by atomic mass is 10.2. The third-order valence-electron chi connectivity index (χ3n) is 2.69. The van der Waals surface area contributed by atoms with E-state index in [-0.39, 0.29) is 9.92 Å². The van der Waals surface area contributed by atoms with Gasteiger partial charge in [0.25, 0.3) is 10.0 Å². The highest BCUT2D eigenvalue weighted by Crippen LogP contribution is 2.25. The highest BCUT2D eigenvalue weighted by molar-refractivity contribution is 7.92. The fourth-order valence-electron chi connectivity index (χ4n) is 1.66. The first kappa shape index (κ1) is 15.2. The van der Waals surface area contributed by atoms with Crippen LogP contribution in [0, 0.1) is 11.3 Å². The van der Waals surface area contributed by atoms with E-state index in [1.165, 1.54) is 25.3 Å². The summed E-state index contributed by atoms with van der Waals surface area (Å²) in [6.07, 6.45) is 0. The normalized spacial score (nSPS) is 10.7. The van der Waals surface area contributed by atoms with Gasteiger partial charge < -0.3 is 4.74 Å². The van der Waals surface area contributed by atoms with Crippen LogP contribution in [-0.2, 0) is 10.0 Å². The Labute approximate surface area is 127 Å². The molecule has 0 spiro atoms. The van der Waals surface area contributed by atoms with Gasteiger partial charge >= 0.3 is 0 Å². The second kappa shape index (κ2) is 6.04. The Kier molecular flexibility index (Phi) is 4.36. The number of nitrogens with zero attached hydrogens (tertiary/aromatic N) is 1. The van der Waals surface area contributed by atoms with Crippen molar-refractivity contribution in [3.05, 3.63) is 53.1 Å². The van der Waals surface area contributed by atoms with Gasteiger partial charge in [-0.3, -0.25) is 4.72 Å². The summed E-state index contributed by atoms with van der Waals surface area (Å²) in [6, 6.07) is 12.3. The van der Waals surface area contributed by atoms with Crippen LogP contribution in [0.1, 0.15) is 5.56 Å². The molecule has 1 N–H and O–H groups in total. The van der Waals surface area contributed by atoms with Crippen LogP contribution in [0.4, 0.5) is 5.69 Å². The van der Waals surface area contributed by atoms with Crippen molar-refractivity contribution in [1.29, 1.82) is 5.26 Å². The number of ether oxygens (including phenoxy) is 1. The van der Waals surface area contributed by atoms with Gasteiger partial charge in [-0.2, -0.15) is 5.26 Å². The molecule has 0 aliphatic rings. The summed E-state index contributed by atoms with van der Waals surface area (Å²) in [5.74, 6) is 0.620. The fraction of sp³-hybridized carbons (Fsp3) is 0.0714. The summed E-state index contributed by atoms with van der Waals surface area (Å²) >= 11 is 5.92. The van der Waals surface area contributed by atoms with Crippen LogP contribution in [0.3, 0.4) is 0 Å². The lowest BCUT2D eigenvalue weighted by Gasteiger charge is -2.10. The molecule has 108 valence electrons. The average Bonchev–Trinajstić information content (AvgIpc) is 2.47. The quantitative estimate of drug-likeness (QED) is 0.938. The molecule has 0 unspecified atom stereocenters. The molecule has 0 bridgehead atoms. The van der Waals surface area contributed by atoms with Crippen LogP contribution in [0.5, 0.6) is 5.75 Å². The number of nitriles is 1. The number of anilines is 1. The Morgan fingerprint density at radius 1 is 1.19 bits per heavy atom. The molecule has 0 fully saturated rings. The smallest absolute Gasteiger partial charge is 0.263 e. The molecule has 0 aromatic heterocycles. The van der Waals surface area contributed by atoms with Crippen LogP contribution in [0.25, 0.3) is 0 Å². The summed E-state index contributed by atoms with van der Waals surface area (Å²) < 4.78 is 31.9. The van der Waals surface area contributed by atoms with Gasteiger partial charge in [-0.25, -0.2) is 8.42 Å². The van der Waals surface area contributed by atoms with Gasteiger partial charge in [0.1, 0.15) is 10.6 Å². The molecule has 0 saturated heterocycles. The van der Waals surface area contributed by atoms with Crippen molar-refractivity contribution in [2.45, 2.75) is 4.90 Å². The van der Waals surface area contributed by atoms with E-state index in [1.807, 2.05) is 6.07 Å². The van der Waals surface area contributed by atoms with Crippen LogP contribution in [-0.4, -0.2) is 15.5 Å². The molecule has 0 aliphatic heterocycles. The number of rotatable bonds is 4. The molecular weight excluding hydrogens is 312 g/mol. The zero-order valence-electron chi connectivity index (χ0n) is 11.0. The van der Waals surface area contributed by atoms with E-state index in [9.17, 15) is 8.42 Å². The highest BCUT2D eigenvalue weighted by atomic mass is 35.5. The van der Waals surface area contributed by atoms with Gasteiger partial charge in [0, 0.05) is 5.69 Å². The van der Waals surface area contributed by atoms with Crippen molar-refractivity contribution in [3.63, 3.8) is 0 Å². The van der Waals surface area contributed by atoms with Crippen LogP contribution < -0.4 is 9.46 Å². The van der Waals surface area contributed by atoms with Gasteiger partial charge in [0.05, 0.1) is 23.8 Å². The largest absolute Gasteiger partial charge is 0.497 e. The Balaban J connectivity index is 2.31. The highest BCUT2D eigenvalue weighted by Gasteiger charge is 2.18. The summed E-state index contributed by atoms with van der Waals surface area (Å²) in [5, 5.41) is 8.75. The van der Waals surface area contributed by atoms with E-state index in [1.54, 1.807) is 24.3 Å². The molecule has 21 heavy (non-hydrogen) atoms. The van der Waals surface area contributed by atoms with Crippen molar-refractivity contribution in [2.75, 3.05) is 11.8 Å². The zero-order chi connectivity index (χ0) is 15.5. The predicted octanol–water partition coefficient (Wildman–Crippen LogP) is 3.02. The molecule has 0 saturated carbocycles. The molecule has 0 amide bonds. The first-order valence-corrected chi connectivity index (χ1v) is 7.69. The topological polar surface area (TPSA) is 79.2 Å². The summed E-state index contributed by atoms with van der Waals surface area (Å²) in [7, 11) is -2.30. The number of nitrogens with one attached hydrogen (secondary N) is 1. The average molecular weight is 323 g/mol. The first-order chi connectivity index (χ1) is 9.96. The molecule has 0 atom stereocenters. The molecule has 5 nitrogen and oxygen atoms in total. The Morgan fingerprint density at radius 3 is 2.38 bits per heavy atom. The van der Waals surface area contributed by atoms with Crippen molar-refractivity contribution in [1.82, 2.24) is 0 Å². The lowest BCUT2D eigenvalue weighted by Crippen LogP contribution is -2.13.